The molecule has 0 atom stereocenters. The number of nitrogens with zero attached hydrogens (tertiary/aromatic N) is 3. The number of ether oxygens (including phenoxy) is 1. The highest BCUT2D eigenvalue weighted by Gasteiger charge is 2.34. The van der Waals surface area contributed by atoms with Gasteiger partial charge >= 0.3 is 6.09 Å². The third kappa shape index (κ3) is 3.47. The number of hydrogen-bond donors (Lipinski definition) is 0. The van der Waals surface area contributed by atoms with E-state index in [9.17, 15) is 4.79 Å². The van der Waals surface area contributed by atoms with Crippen LogP contribution in [0.2, 0.25) is 0 Å². The number of thiophene rings is 1. The zero-order valence-electron chi connectivity index (χ0n) is 12.9. The fraction of sp³-hybridized carbons (Fsp3) is 0.533. The highest BCUT2D eigenvalue weighted by molar-refractivity contribution is 7.08. The van der Waals surface area contributed by atoms with Gasteiger partial charge in [-0.15, -0.1) is 0 Å². The van der Waals surface area contributed by atoms with E-state index in [0.717, 1.165) is 5.56 Å². The molecule has 1 amide bonds. The largest absolute Gasteiger partial charge is 0.444 e. The maximum absolute atomic E-state index is 11.9. The zero-order chi connectivity index (χ0) is 15.7. The molecule has 0 aliphatic carbocycles. The summed E-state index contributed by atoms with van der Waals surface area (Å²) in [5.74, 6) is 1.60. The molecule has 6 nitrogen and oxygen atoms in total. The average molecular weight is 321 g/mol. The minimum atomic E-state index is -0.454. The molecule has 1 fully saturated rings. The number of rotatable bonds is 3. The van der Waals surface area contributed by atoms with Crippen molar-refractivity contribution < 1.29 is 14.1 Å². The monoisotopic (exact) mass is 321 g/mol. The summed E-state index contributed by atoms with van der Waals surface area (Å²) in [6.07, 6.45) is 0.435. The van der Waals surface area contributed by atoms with Gasteiger partial charge in [0.15, 0.2) is 0 Å². The first kappa shape index (κ1) is 15.0. The predicted octanol–water partition coefficient (Wildman–Crippen LogP) is 3.21. The molecule has 118 valence electrons. The molecule has 0 aromatic carbocycles. The van der Waals surface area contributed by atoms with Crippen molar-refractivity contribution in [2.24, 2.45) is 5.92 Å². The fourth-order valence-electron chi connectivity index (χ4n) is 2.27. The second-order valence-electron chi connectivity index (χ2n) is 6.48. The molecule has 0 unspecified atom stereocenters. The van der Waals surface area contributed by atoms with Crippen LogP contribution in [-0.4, -0.2) is 39.8 Å². The average Bonchev–Trinajstić information content (AvgIpc) is 3.01. The summed E-state index contributed by atoms with van der Waals surface area (Å²) in [5.41, 5.74) is 0.522. The van der Waals surface area contributed by atoms with Crippen LogP contribution in [0.25, 0.3) is 11.4 Å². The van der Waals surface area contributed by atoms with Crippen LogP contribution >= 0.6 is 11.3 Å². The number of hydrogen-bond acceptors (Lipinski definition) is 6. The lowest BCUT2D eigenvalue weighted by molar-refractivity contribution is -0.00186. The summed E-state index contributed by atoms with van der Waals surface area (Å²) in [6.45, 7) is 6.95. The maximum atomic E-state index is 11.9. The Hall–Kier alpha value is -1.89. The van der Waals surface area contributed by atoms with Crippen LogP contribution in [0.15, 0.2) is 21.3 Å². The topological polar surface area (TPSA) is 68.5 Å². The Morgan fingerprint density at radius 3 is 2.91 bits per heavy atom. The minimum absolute atomic E-state index is 0.256. The summed E-state index contributed by atoms with van der Waals surface area (Å²) in [4.78, 5) is 18.0. The van der Waals surface area contributed by atoms with Crippen molar-refractivity contribution in [2.75, 3.05) is 13.1 Å². The molecular weight excluding hydrogens is 302 g/mol. The highest BCUT2D eigenvalue weighted by atomic mass is 32.1. The van der Waals surface area contributed by atoms with Crippen molar-refractivity contribution in [3.63, 3.8) is 0 Å². The number of carbonyl (C=O) groups is 1. The van der Waals surface area contributed by atoms with Crippen molar-refractivity contribution in [1.82, 2.24) is 15.0 Å². The maximum Gasteiger partial charge on any atom is 0.410 e. The predicted molar refractivity (Wildman–Crippen MR) is 82.6 cm³/mol. The van der Waals surface area contributed by atoms with Crippen molar-refractivity contribution in [2.45, 2.75) is 32.8 Å². The number of amides is 1. The standard InChI is InChI=1S/C15H19N3O3S/c1-15(2,3)20-14(19)18-7-10(8-18)6-12-16-13(17-21-12)11-4-5-22-9-11/h4-5,9-10H,6-8H2,1-3H3. The van der Waals surface area contributed by atoms with Gasteiger partial charge in [-0.3, -0.25) is 0 Å². The Morgan fingerprint density at radius 2 is 2.27 bits per heavy atom. The molecule has 2 aromatic rings. The molecule has 1 aliphatic rings. The second kappa shape index (κ2) is 5.72. The molecule has 3 heterocycles. The van der Waals surface area contributed by atoms with E-state index in [1.54, 1.807) is 16.2 Å². The van der Waals surface area contributed by atoms with Crippen LogP contribution in [0.5, 0.6) is 0 Å². The van der Waals surface area contributed by atoms with Gasteiger partial charge < -0.3 is 14.2 Å². The molecule has 2 aromatic heterocycles. The van der Waals surface area contributed by atoms with Crippen LogP contribution in [-0.2, 0) is 11.2 Å². The third-order valence-corrected chi connectivity index (χ3v) is 4.00. The highest BCUT2D eigenvalue weighted by Crippen LogP contribution is 2.24. The van der Waals surface area contributed by atoms with Crippen molar-refractivity contribution >= 4 is 17.4 Å². The van der Waals surface area contributed by atoms with Gasteiger partial charge in [0.25, 0.3) is 0 Å². The molecule has 0 bridgehead atoms. The molecule has 0 N–H and O–H groups in total. The third-order valence-electron chi connectivity index (χ3n) is 3.32. The Morgan fingerprint density at radius 1 is 1.50 bits per heavy atom. The van der Waals surface area contributed by atoms with Gasteiger partial charge in [0, 0.05) is 36.4 Å². The van der Waals surface area contributed by atoms with E-state index in [-0.39, 0.29) is 6.09 Å². The van der Waals surface area contributed by atoms with E-state index in [1.165, 1.54) is 0 Å². The molecule has 1 aliphatic heterocycles. The van der Waals surface area contributed by atoms with Crippen molar-refractivity contribution in [3.05, 3.63) is 22.7 Å². The smallest absolute Gasteiger partial charge is 0.410 e. The van der Waals surface area contributed by atoms with Crippen molar-refractivity contribution in [1.29, 1.82) is 0 Å². The first-order valence-electron chi connectivity index (χ1n) is 7.24. The Labute approximate surface area is 133 Å². The van der Waals surface area contributed by atoms with Gasteiger partial charge in [0.2, 0.25) is 11.7 Å². The minimum Gasteiger partial charge on any atom is -0.444 e. The number of likely N-dealkylation sites (tertiary alicyclic amines) is 1. The van der Waals surface area contributed by atoms with Gasteiger partial charge in [-0.25, -0.2) is 4.79 Å². The van der Waals surface area contributed by atoms with Crippen LogP contribution in [0.3, 0.4) is 0 Å². The normalized spacial score (nSPS) is 15.7. The second-order valence-corrected chi connectivity index (χ2v) is 7.26. The summed E-state index contributed by atoms with van der Waals surface area (Å²) in [7, 11) is 0. The van der Waals surface area contributed by atoms with Gasteiger partial charge in [-0.05, 0) is 32.2 Å². The number of aromatic nitrogens is 2. The lowest BCUT2D eigenvalue weighted by Gasteiger charge is -2.39. The van der Waals surface area contributed by atoms with Gasteiger partial charge in [-0.2, -0.15) is 16.3 Å². The Balaban J connectivity index is 1.49. The van der Waals surface area contributed by atoms with Crippen LogP contribution in [0, 0.1) is 5.92 Å². The number of carbonyl (C=O) groups excluding carboxylic acids is 1. The molecule has 3 rings (SSSR count). The van der Waals surface area contributed by atoms with E-state index in [2.05, 4.69) is 10.1 Å². The van der Waals surface area contributed by atoms with E-state index >= 15 is 0 Å². The lowest BCUT2D eigenvalue weighted by atomic mass is 9.97. The van der Waals surface area contributed by atoms with Crippen LogP contribution in [0.1, 0.15) is 26.7 Å². The van der Waals surface area contributed by atoms with Crippen LogP contribution in [0.4, 0.5) is 4.79 Å². The molecule has 0 saturated carbocycles. The Kier molecular flexibility index (Phi) is 3.90. The lowest BCUT2D eigenvalue weighted by Crippen LogP contribution is -2.52. The first-order chi connectivity index (χ1) is 10.4. The summed E-state index contributed by atoms with van der Waals surface area (Å²) >= 11 is 1.60. The van der Waals surface area contributed by atoms with Gasteiger partial charge in [0.1, 0.15) is 5.60 Å². The zero-order valence-corrected chi connectivity index (χ0v) is 13.7. The van der Waals surface area contributed by atoms with E-state index in [1.807, 2.05) is 37.6 Å². The molecular formula is C15H19N3O3S. The van der Waals surface area contributed by atoms with Gasteiger partial charge in [0.05, 0.1) is 0 Å². The van der Waals surface area contributed by atoms with E-state index < -0.39 is 5.60 Å². The summed E-state index contributed by atoms with van der Waals surface area (Å²) < 4.78 is 10.6. The molecule has 1 saturated heterocycles. The van der Waals surface area contributed by atoms with Crippen LogP contribution < -0.4 is 0 Å². The van der Waals surface area contributed by atoms with Crippen molar-refractivity contribution in [3.8, 4) is 11.4 Å². The van der Waals surface area contributed by atoms with E-state index in [0.29, 0.717) is 37.1 Å². The fourth-order valence-corrected chi connectivity index (χ4v) is 2.90. The summed E-state index contributed by atoms with van der Waals surface area (Å²) in [5, 5.41) is 7.96. The first-order valence-corrected chi connectivity index (χ1v) is 8.18. The molecule has 22 heavy (non-hydrogen) atoms. The van der Waals surface area contributed by atoms with E-state index in [4.69, 9.17) is 9.26 Å². The van der Waals surface area contributed by atoms with Gasteiger partial charge in [-0.1, -0.05) is 5.16 Å². The molecule has 7 heteroatoms. The molecule has 0 spiro atoms. The summed E-state index contributed by atoms with van der Waals surface area (Å²) in [6, 6.07) is 1.97. The SMILES string of the molecule is CC(C)(C)OC(=O)N1CC(Cc2nc(-c3ccsc3)no2)C1. The quantitative estimate of drug-likeness (QED) is 0.868. The Bertz CT molecular complexity index is 639. The molecule has 0 radical (unpaired) electrons.